The van der Waals surface area contributed by atoms with Crippen LogP contribution in [-0.4, -0.2) is 5.11 Å². The average Bonchev–Trinajstić information content (AvgIpc) is 2.39. The van der Waals surface area contributed by atoms with E-state index in [9.17, 15) is 5.11 Å². The number of aromatic hydroxyl groups is 1. The lowest BCUT2D eigenvalue weighted by Gasteiger charge is -2.28. The van der Waals surface area contributed by atoms with Crippen LogP contribution in [0, 0.1) is 0 Å². The van der Waals surface area contributed by atoms with Crippen molar-refractivity contribution in [2.75, 3.05) is 0 Å². The largest absolute Gasteiger partial charge is 0.507 e. The number of hydrogen-bond donors (Lipinski definition) is 1. The number of phenolic OH excluding ortho intramolecular Hbond substituents is 1. The normalized spacial score (nSPS) is 12.5. The lowest BCUT2D eigenvalue weighted by atomic mass is 9.77. The van der Waals surface area contributed by atoms with Crippen molar-refractivity contribution in [1.82, 2.24) is 0 Å². The molecule has 2 aromatic carbocycles. The van der Waals surface area contributed by atoms with E-state index in [-0.39, 0.29) is 10.8 Å². The molecule has 2 rings (SSSR count). The number of rotatable bonds is 2. The van der Waals surface area contributed by atoms with Crippen molar-refractivity contribution in [1.29, 1.82) is 0 Å². The number of hydrogen-bond acceptors (Lipinski definition) is 1. The molecule has 0 aliphatic rings. The first-order valence-electron chi connectivity index (χ1n) is 8.00. The highest BCUT2D eigenvalue weighted by molar-refractivity contribution is 5.52. The monoisotopic (exact) mass is 296 g/mol. The first-order chi connectivity index (χ1) is 10.1. The van der Waals surface area contributed by atoms with Crippen molar-refractivity contribution in [3.8, 4) is 5.75 Å². The molecular weight excluding hydrogens is 268 g/mol. The predicted octanol–water partition coefficient (Wildman–Crippen LogP) is 5.58. The Labute approximate surface area is 135 Å². The fraction of sp³-hybridized carbons (Fsp3) is 0.429. The van der Waals surface area contributed by atoms with Crippen molar-refractivity contribution < 1.29 is 5.11 Å². The zero-order chi connectivity index (χ0) is 16.5. The van der Waals surface area contributed by atoms with E-state index >= 15 is 0 Å². The Bertz CT molecular complexity index is 640. The van der Waals surface area contributed by atoms with Crippen molar-refractivity contribution in [2.45, 2.75) is 58.8 Å². The van der Waals surface area contributed by atoms with E-state index in [4.69, 9.17) is 0 Å². The molecule has 0 saturated carbocycles. The summed E-state index contributed by atoms with van der Waals surface area (Å²) < 4.78 is 0. The summed E-state index contributed by atoms with van der Waals surface area (Å²) >= 11 is 0. The summed E-state index contributed by atoms with van der Waals surface area (Å²) in [7, 11) is 0. The number of benzene rings is 2. The fourth-order valence-corrected chi connectivity index (χ4v) is 2.92. The van der Waals surface area contributed by atoms with Gasteiger partial charge in [-0.15, -0.1) is 0 Å². The summed E-state index contributed by atoms with van der Waals surface area (Å²) in [6, 6.07) is 14.7. The Morgan fingerprint density at radius 1 is 0.727 bits per heavy atom. The lowest BCUT2D eigenvalue weighted by molar-refractivity contribution is 0.436. The van der Waals surface area contributed by atoms with Gasteiger partial charge in [-0.05, 0) is 27.5 Å². The van der Waals surface area contributed by atoms with Gasteiger partial charge in [0.15, 0.2) is 0 Å². The van der Waals surface area contributed by atoms with Crippen LogP contribution in [0.25, 0.3) is 0 Å². The van der Waals surface area contributed by atoms with Gasteiger partial charge in [0.05, 0.1) is 0 Å². The van der Waals surface area contributed by atoms with Crippen LogP contribution >= 0.6 is 0 Å². The van der Waals surface area contributed by atoms with Gasteiger partial charge in [0.1, 0.15) is 5.75 Å². The van der Waals surface area contributed by atoms with Gasteiger partial charge in [-0.1, -0.05) is 84.0 Å². The zero-order valence-corrected chi connectivity index (χ0v) is 14.7. The Hall–Kier alpha value is -1.76. The minimum absolute atomic E-state index is 0.0119. The van der Waals surface area contributed by atoms with Gasteiger partial charge in [-0.25, -0.2) is 0 Å². The molecule has 0 unspecified atom stereocenters. The minimum Gasteiger partial charge on any atom is -0.507 e. The molecule has 1 N–H and O–H groups in total. The summed E-state index contributed by atoms with van der Waals surface area (Å²) in [5, 5.41) is 10.9. The van der Waals surface area contributed by atoms with E-state index in [1.54, 1.807) is 0 Å². The van der Waals surface area contributed by atoms with E-state index in [2.05, 4.69) is 77.9 Å². The zero-order valence-electron chi connectivity index (χ0n) is 14.7. The number of phenols is 1. The molecule has 1 nitrogen and oxygen atoms in total. The third kappa shape index (κ3) is 3.52. The Balaban J connectivity index is 2.61. The SMILES string of the molecule is CC(C)(C)c1ccc(C(C)(C)C)c(Cc2ccccc2)c1O. The van der Waals surface area contributed by atoms with Gasteiger partial charge in [-0.2, -0.15) is 0 Å². The first-order valence-corrected chi connectivity index (χ1v) is 8.00. The average molecular weight is 296 g/mol. The van der Waals surface area contributed by atoms with Crippen LogP contribution in [0.3, 0.4) is 0 Å². The van der Waals surface area contributed by atoms with Crippen LogP contribution in [0.5, 0.6) is 5.75 Å². The van der Waals surface area contributed by atoms with E-state index < -0.39 is 0 Å². The molecule has 2 aromatic rings. The smallest absolute Gasteiger partial charge is 0.123 e. The van der Waals surface area contributed by atoms with Crippen molar-refractivity contribution in [3.63, 3.8) is 0 Å². The van der Waals surface area contributed by atoms with Crippen LogP contribution in [0.4, 0.5) is 0 Å². The molecule has 0 saturated heterocycles. The van der Waals surface area contributed by atoms with E-state index in [1.807, 2.05) is 6.07 Å². The summed E-state index contributed by atoms with van der Waals surface area (Å²) in [6.07, 6.45) is 0.767. The van der Waals surface area contributed by atoms with E-state index in [0.29, 0.717) is 5.75 Å². The summed E-state index contributed by atoms with van der Waals surface area (Å²) in [4.78, 5) is 0. The molecule has 0 spiro atoms. The van der Waals surface area contributed by atoms with Gasteiger partial charge < -0.3 is 5.11 Å². The second kappa shape index (κ2) is 5.79. The van der Waals surface area contributed by atoms with Crippen LogP contribution < -0.4 is 0 Å². The Morgan fingerprint density at radius 3 is 1.73 bits per heavy atom. The van der Waals surface area contributed by atoms with Gasteiger partial charge in [-0.3, -0.25) is 0 Å². The third-order valence-corrected chi connectivity index (χ3v) is 4.12. The van der Waals surface area contributed by atoms with Gasteiger partial charge >= 0.3 is 0 Å². The van der Waals surface area contributed by atoms with Crippen molar-refractivity contribution in [3.05, 3.63) is 64.7 Å². The third-order valence-electron chi connectivity index (χ3n) is 4.12. The molecule has 1 heteroatoms. The van der Waals surface area contributed by atoms with E-state index in [1.165, 1.54) is 11.1 Å². The predicted molar refractivity (Wildman–Crippen MR) is 94.8 cm³/mol. The maximum absolute atomic E-state index is 10.9. The maximum atomic E-state index is 10.9. The van der Waals surface area contributed by atoms with E-state index in [0.717, 1.165) is 17.5 Å². The van der Waals surface area contributed by atoms with Gasteiger partial charge in [0, 0.05) is 12.0 Å². The molecule has 0 aliphatic heterocycles. The molecule has 0 heterocycles. The molecule has 0 atom stereocenters. The molecule has 0 aliphatic carbocycles. The molecule has 0 radical (unpaired) electrons. The molecular formula is C21H28O. The van der Waals surface area contributed by atoms with Crippen LogP contribution in [0.2, 0.25) is 0 Å². The standard InChI is InChI=1S/C21H28O/c1-20(2,3)17-12-13-18(21(4,5)6)19(22)16(17)14-15-10-8-7-9-11-15/h7-13,22H,14H2,1-6H3. The highest BCUT2D eigenvalue weighted by Gasteiger charge is 2.26. The summed E-state index contributed by atoms with van der Waals surface area (Å²) in [5.74, 6) is 0.462. The molecule has 0 bridgehead atoms. The van der Waals surface area contributed by atoms with Gasteiger partial charge in [0.2, 0.25) is 0 Å². The molecule has 0 aromatic heterocycles. The van der Waals surface area contributed by atoms with Crippen molar-refractivity contribution in [2.24, 2.45) is 0 Å². The second-order valence-corrected chi connectivity index (χ2v) is 8.15. The lowest BCUT2D eigenvalue weighted by Crippen LogP contribution is -2.18. The van der Waals surface area contributed by atoms with Gasteiger partial charge in [0.25, 0.3) is 0 Å². The minimum atomic E-state index is -0.0636. The molecule has 118 valence electrons. The second-order valence-electron chi connectivity index (χ2n) is 8.15. The molecule has 0 fully saturated rings. The fourth-order valence-electron chi connectivity index (χ4n) is 2.92. The van der Waals surface area contributed by atoms with Crippen molar-refractivity contribution >= 4 is 0 Å². The van der Waals surface area contributed by atoms with Crippen LogP contribution in [-0.2, 0) is 17.3 Å². The highest BCUT2D eigenvalue weighted by atomic mass is 16.3. The molecule has 0 amide bonds. The summed E-state index contributed by atoms with van der Waals surface area (Å²) in [5.41, 5.74) is 4.48. The Morgan fingerprint density at radius 2 is 1.23 bits per heavy atom. The van der Waals surface area contributed by atoms with Crippen LogP contribution in [0.15, 0.2) is 42.5 Å². The Kier molecular flexibility index (Phi) is 4.37. The quantitative estimate of drug-likeness (QED) is 0.767. The van der Waals surface area contributed by atoms with Crippen LogP contribution in [0.1, 0.15) is 63.8 Å². The first kappa shape index (κ1) is 16.6. The summed E-state index contributed by atoms with van der Waals surface area (Å²) in [6.45, 7) is 13.0. The molecule has 22 heavy (non-hydrogen) atoms. The topological polar surface area (TPSA) is 20.2 Å². The maximum Gasteiger partial charge on any atom is 0.123 e. The highest BCUT2D eigenvalue weighted by Crippen LogP contribution is 2.39.